The largest absolute Gasteiger partial charge is 0.324 e. The Morgan fingerprint density at radius 1 is 0.833 bits per heavy atom. The summed E-state index contributed by atoms with van der Waals surface area (Å²) in [5.41, 5.74) is 4.56. The molecule has 2 bridgehead atoms. The molecule has 1 aromatic heterocycles. The second-order valence-electron chi connectivity index (χ2n) is 14.5. The second-order valence-corrected chi connectivity index (χ2v) is 16.3. The van der Waals surface area contributed by atoms with Crippen molar-refractivity contribution in [3.63, 3.8) is 0 Å². The van der Waals surface area contributed by atoms with E-state index in [1.54, 1.807) is 10.7 Å². The highest BCUT2D eigenvalue weighted by atomic mass is 32.2. The molecule has 2 saturated heterocycles. The molecule has 48 heavy (non-hydrogen) atoms. The molecular formula is C39H43N5O3S. The van der Waals surface area contributed by atoms with E-state index in [1.165, 1.54) is 0 Å². The molecule has 2 aliphatic heterocycles. The van der Waals surface area contributed by atoms with Crippen molar-refractivity contribution in [2.24, 2.45) is 5.92 Å². The van der Waals surface area contributed by atoms with Crippen molar-refractivity contribution in [3.8, 4) is 5.69 Å². The third-order valence-corrected chi connectivity index (χ3v) is 11.8. The number of sulfonamides is 1. The first kappa shape index (κ1) is 32.1. The van der Waals surface area contributed by atoms with Gasteiger partial charge in [-0.15, -0.1) is 0 Å². The number of nitrogens with zero attached hydrogens (tertiary/aromatic N) is 3. The van der Waals surface area contributed by atoms with Gasteiger partial charge in [0, 0.05) is 29.3 Å². The highest BCUT2D eigenvalue weighted by Gasteiger charge is 2.47. The third-order valence-electron chi connectivity index (χ3n) is 9.77. The molecule has 5 aromatic rings. The van der Waals surface area contributed by atoms with Crippen LogP contribution in [0.5, 0.6) is 0 Å². The van der Waals surface area contributed by atoms with Crippen molar-refractivity contribution >= 4 is 38.3 Å². The number of fused-ring (bicyclic) bond motifs is 3. The van der Waals surface area contributed by atoms with E-state index in [1.807, 2.05) is 96.2 Å². The van der Waals surface area contributed by atoms with Crippen molar-refractivity contribution in [1.82, 2.24) is 14.1 Å². The van der Waals surface area contributed by atoms with E-state index in [2.05, 4.69) is 37.5 Å². The fourth-order valence-electron chi connectivity index (χ4n) is 7.36. The quantitative estimate of drug-likeness (QED) is 0.183. The smallest absolute Gasteiger partial charge is 0.308 e. The summed E-state index contributed by atoms with van der Waals surface area (Å²) >= 11 is 0. The van der Waals surface area contributed by atoms with Gasteiger partial charge in [0.05, 0.1) is 16.3 Å². The fourth-order valence-corrected chi connectivity index (χ4v) is 9.29. The Labute approximate surface area is 283 Å². The van der Waals surface area contributed by atoms with Crippen molar-refractivity contribution in [1.29, 1.82) is 0 Å². The van der Waals surface area contributed by atoms with E-state index in [0.717, 1.165) is 65.4 Å². The summed E-state index contributed by atoms with van der Waals surface area (Å²) in [6.45, 7) is 8.34. The van der Waals surface area contributed by atoms with Gasteiger partial charge in [0.15, 0.2) is 0 Å². The van der Waals surface area contributed by atoms with Gasteiger partial charge in [0.2, 0.25) is 10.0 Å². The first-order chi connectivity index (χ1) is 22.9. The Balaban J connectivity index is 1.02. The first-order valence-electron chi connectivity index (χ1n) is 16.8. The number of amides is 2. The summed E-state index contributed by atoms with van der Waals surface area (Å²) in [6.07, 6.45) is 4.29. The number of hydrogen-bond donors (Lipinski definition) is 2. The lowest BCUT2D eigenvalue weighted by Crippen LogP contribution is -2.46. The molecule has 0 spiro atoms. The monoisotopic (exact) mass is 661 g/mol. The van der Waals surface area contributed by atoms with Crippen LogP contribution in [-0.2, 0) is 21.9 Å². The molecule has 3 heterocycles. The summed E-state index contributed by atoms with van der Waals surface area (Å²) < 4.78 is 31.3. The number of aryl methyl sites for hydroxylation is 1. The van der Waals surface area contributed by atoms with Crippen molar-refractivity contribution < 1.29 is 13.2 Å². The number of nitrogens with one attached hydrogen (secondary N) is 2. The SMILES string of the molecule is Cc1ccc(-n2nc(C(C)(C)C)cc2NC(=O)Nc2cccc(CC3CC4CCC(C3)N4S(=O)(=O)c3ccc4ccccc4c3)c2)cc1. The van der Waals surface area contributed by atoms with Gasteiger partial charge < -0.3 is 5.32 Å². The molecule has 9 heteroatoms. The number of piperidine rings is 1. The second kappa shape index (κ2) is 12.5. The molecule has 0 saturated carbocycles. The van der Waals surface area contributed by atoms with Gasteiger partial charge in [-0.1, -0.05) is 80.9 Å². The van der Waals surface area contributed by atoms with Gasteiger partial charge in [-0.05, 0) is 97.7 Å². The number of rotatable bonds is 7. The van der Waals surface area contributed by atoms with Crippen LogP contribution in [0.4, 0.5) is 16.3 Å². The molecule has 8 nitrogen and oxygen atoms in total. The number of urea groups is 1. The number of benzene rings is 4. The van der Waals surface area contributed by atoms with Crippen LogP contribution in [0.15, 0.2) is 102 Å². The molecule has 0 aliphatic carbocycles. The van der Waals surface area contributed by atoms with E-state index < -0.39 is 10.0 Å². The first-order valence-corrected chi connectivity index (χ1v) is 18.2. The maximum atomic E-state index is 13.9. The highest BCUT2D eigenvalue weighted by Crippen LogP contribution is 2.43. The van der Waals surface area contributed by atoms with Crippen LogP contribution in [0.2, 0.25) is 0 Å². The van der Waals surface area contributed by atoms with Crippen LogP contribution >= 0.6 is 0 Å². The van der Waals surface area contributed by atoms with Gasteiger partial charge in [-0.25, -0.2) is 17.9 Å². The standard InChI is InChI=1S/C39H43N5O3S/c1-26-12-15-32(16-13-26)43-37(25-36(42-43)39(2,3)4)41-38(45)40-31-11-7-8-27(21-31)20-28-22-33-17-18-34(23-28)44(33)48(46,47)35-19-14-29-9-5-6-10-30(29)24-35/h5-16,19,21,24-25,28,33-34H,17-18,20,22-23H2,1-4H3,(H2,40,41,45). The van der Waals surface area contributed by atoms with Crippen LogP contribution in [0.25, 0.3) is 16.5 Å². The molecule has 7 rings (SSSR count). The van der Waals surface area contributed by atoms with E-state index in [9.17, 15) is 13.2 Å². The van der Waals surface area contributed by atoms with Crippen LogP contribution in [0.3, 0.4) is 0 Å². The zero-order valence-electron chi connectivity index (χ0n) is 28.0. The number of hydrogen-bond acceptors (Lipinski definition) is 4. The average Bonchev–Trinajstić information content (AvgIpc) is 3.60. The normalized spacial score (nSPS) is 19.8. The van der Waals surface area contributed by atoms with Gasteiger partial charge in [-0.2, -0.15) is 9.40 Å². The number of carbonyl (C=O) groups is 1. The molecule has 2 atom stereocenters. The lowest BCUT2D eigenvalue weighted by molar-refractivity contribution is 0.190. The van der Waals surface area contributed by atoms with Crippen molar-refractivity contribution in [2.75, 3.05) is 10.6 Å². The van der Waals surface area contributed by atoms with Crippen LogP contribution in [0.1, 0.15) is 63.3 Å². The zero-order valence-corrected chi connectivity index (χ0v) is 28.8. The Bertz CT molecular complexity index is 2070. The summed E-state index contributed by atoms with van der Waals surface area (Å²) in [5.74, 6) is 0.965. The number of carbonyl (C=O) groups excluding carboxylic acids is 1. The highest BCUT2D eigenvalue weighted by molar-refractivity contribution is 7.89. The van der Waals surface area contributed by atoms with Gasteiger partial charge in [0.1, 0.15) is 5.82 Å². The third kappa shape index (κ3) is 6.49. The predicted octanol–water partition coefficient (Wildman–Crippen LogP) is 8.45. The maximum Gasteiger partial charge on any atom is 0.324 e. The molecule has 2 aliphatic rings. The van der Waals surface area contributed by atoms with Crippen LogP contribution < -0.4 is 10.6 Å². The molecule has 2 amide bonds. The molecule has 2 fully saturated rings. The Hall–Kier alpha value is -4.47. The van der Waals surface area contributed by atoms with Gasteiger partial charge in [0.25, 0.3) is 0 Å². The molecule has 2 unspecified atom stereocenters. The minimum absolute atomic E-state index is 0.00803. The zero-order chi connectivity index (χ0) is 33.6. The van der Waals surface area contributed by atoms with Crippen molar-refractivity contribution in [2.45, 2.75) is 82.2 Å². The topological polar surface area (TPSA) is 96.3 Å². The van der Waals surface area contributed by atoms with E-state index in [0.29, 0.717) is 22.3 Å². The predicted molar refractivity (Wildman–Crippen MR) is 192 cm³/mol. The van der Waals surface area contributed by atoms with E-state index >= 15 is 0 Å². The van der Waals surface area contributed by atoms with E-state index in [4.69, 9.17) is 5.10 Å². The van der Waals surface area contributed by atoms with E-state index in [-0.39, 0.29) is 23.5 Å². The van der Waals surface area contributed by atoms with Crippen LogP contribution in [0, 0.1) is 12.8 Å². The van der Waals surface area contributed by atoms with Crippen LogP contribution in [-0.4, -0.2) is 40.6 Å². The molecular weight excluding hydrogens is 619 g/mol. The fraction of sp³-hybridized carbons (Fsp3) is 0.333. The number of anilines is 2. The van der Waals surface area contributed by atoms with Crippen molar-refractivity contribution in [3.05, 3.63) is 114 Å². The Kier molecular flexibility index (Phi) is 8.37. The Morgan fingerprint density at radius 2 is 1.54 bits per heavy atom. The minimum atomic E-state index is -3.59. The molecule has 4 aromatic carbocycles. The number of aromatic nitrogens is 2. The summed E-state index contributed by atoms with van der Waals surface area (Å²) in [6, 6.07) is 31.0. The lowest BCUT2D eigenvalue weighted by Gasteiger charge is -2.38. The molecule has 248 valence electrons. The minimum Gasteiger partial charge on any atom is -0.308 e. The lowest BCUT2D eigenvalue weighted by atomic mass is 9.87. The molecule has 0 radical (unpaired) electrons. The van der Waals surface area contributed by atoms with Gasteiger partial charge in [-0.3, -0.25) is 5.32 Å². The average molecular weight is 662 g/mol. The van der Waals surface area contributed by atoms with Gasteiger partial charge >= 0.3 is 6.03 Å². The summed E-state index contributed by atoms with van der Waals surface area (Å²) in [4.78, 5) is 13.6. The summed E-state index contributed by atoms with van der Waals surface area (Å²) in [5, 5.41) is 12.8. The maximum absolute atomic E-state index is 13.9. The Morgan fingerprint density at radius 3 is 2.25 bits per heavy atom. The summed E-state index contributed by atoms with van der Waals surface area (Å²) in [7, 11) is -3.59. The molecule has 2 N–H and O–H groups in total.